The number of hydrogen-bond donors (Lipinski definition) is 1. The number of carbonyl (C=O) groups excluding carboxylic acids is 2. The number of carbonyl (C=O) groups is 2. The van der Waals surface area contributed by atoms with E-state index in [-0.39, 0.29) is 17.6 Å². The van der Waals surface area contributed by atoms with E-state index in [0.717, 1.165) is 0 Å². The number of aromatic amines is 1. The van der Waals surface area contributed by atoms with Crippen molar-refractivity contribution in [1.82, 2.24) is 25.2 Å². The Morgan fingerprint density at radius 2 is 1.50 bits per heavy atom. The number of H-pyrrole nitrogens is 1. The zero-order valence-corrected chi connectivity index (χ0v) is 19.0. The van der Waals surface area contributed by atoms with E-state index in [1.165, 1.54) is 30.3 Å². The summed E-state index contributed by atoms with van der Waals surface area (Å²) < 4.78 is 40.7. The van der Waals surface area contributed by atoms with Crippen molar-refractivity contribution in [2.75, 3.05) is 26.2 Å². The zero-order valence-electron chi connectivity index (χ0n) is 19.0. The summed E-state index contributed by atoms with van der Waals surface area (Å²) >= 11 is 0. The second kappa shape index (κ2) is 8.35. The highest BCUT2D eigenvalue weighted by atomic mass is 19.4. The van der Waals surface area contributed by atoms with Gasteiger partial charge in [-0.15, -0.1) is 13.2 Å². The number of nitrogens with one attached hydrogen (secondary N) is 1. The molecule has 0 radical (unpaired) electrons. The van der Waals surface area contributed by atoms with E-state index in [9.17, 15) is 22.8 Å². The molecule has 0 spiro atoms. The van der Waals surface area contributed by atoms with Crippen LogP contribution in [0.4, 0.5) is 13.2 Å². The lowest BCUT2D eigenvalue weighted by Gasteiger charge is -2.42. The van der Waals surface area contributed by atoms with Crippen LogP contribution in [0.5, 0.6) is 5.75 Å². The Balaban J connectivity index is 1.04. The van der Waals surface area contributed by atoms with Gasteiger partial charge in [-0.1, -0.05) is 12.1 Å². The molecule has 2 aromatic carbocycles. The Morgan fingerprint density at radius 3 is 2.14 bits per heavy atom. The fraction of sp³-hybridized carbons (Fsp3) is 0.360. The second-order valence-electron chi connectivity index (χ2n) is 9.59. The third kappa shape index (κ3) is 4.08. The smallest absolute Gasteiger partial charge is 0.406 e. The van der Waals surface area contributed by atoms with Gasteiger partial charge in [-0.3, -0.25) is 9.59 Å². The molecule has 2 saturated heterocycles. The molecule has 1 saturated carbocycles. The molecule has 11 heteroatoms. The molecule has 3 heterocycles. The van der Waals surface area contributed by atoms with Crippen LogP contribution in [0.25, 0.3) is 17.1 Å². The number of fused-ring (bicyclic) bond motifs is 5. The van der Waals surface area contributed by atoms with Crippen LogP contribution in [-0.4, -0.2) is 69.6 Å². The fourth-order valence-corrected chi connectivity index (χ4v) is 5.93. The maximum Gasteiger partial charge on any atom is 0.573 e. The van der Waals surface area contributed by atoms with E-state index in [2.05, 4.69) is 20.1 Å². The highest BCUT2D eigenvalue weighted by Gasteiger charge is 2.59. The van der Waals surface area contributed by atoms with Crippen LogP contribution >= 0.6 is 0 Å². The number of benzene rings is 2. The van der Waals surface area contributed by atoms with Crippen LogP contribution < -0.4 is 4.74 Å². The van der Waals surface area contributed by atoms with Gasteiger partial charge >= 0.3 is 6.36 Å². The van der Waals surface area contributed by atoms with E-state index >= 15 is 0 Å². The zero-order chi connectivity index (χ0) is 25.0. The molecule has 186 valence electrons. The van der Waals surface area contributed by atoms with Gasteiger partial charge < -0.3 is 14.5 Å². The SMILES string of the molecule is O=C(/C=C/c1ccc(OC(F)(F)F)cc1)N1C[C@@H]2[C@H](C1)[C@H]1CN(C(=O)c3ccc4n[nH]nc4c3)C[C@@H]21. The number of rotatable bonds is 4. The molecule has 2 aliphatic heterocycles. The summed E-state index contributed by atoms with van der Waals surface area (Å²) in [5, 5.41) is 10.6. The van der Waals surface area contributed by atoms with Crippen molar-refractivity contribution < 1.29 is 27.5 Å². The van der Waals surface area contributed by atoms with Crippen LogP contribution in [0.1, 0.15) is 15.9 Å². The van der Waals surface area contributed by atoms with Crippen molar-refractivity contribution in [1.29, 1.82) is 0 Å². The highest BCUT2D eigenvalue weighted by Crippen LogP contribution is 2.54. The highest BCUT2D eigenvalue weighted by molar-refractivity contribution is 5.97. The molecule has 1 aliphatic carbocycles. The Kier molecular flexibility index (Phi) is 5.24. The predicted octanol–water partition coefficient (Wildman–Crippen LogP) is 3.35. The third-order valence-electron chi connectivity index (χ3n) is 7.62. The van der Waals surface area contributed by atoms with Crippen molar-refractivity contribution in [3.8, 4) is 5.75 Å². The van der Waals surface area contributed by atoms with Crippen molar-refractivity contribution >= 4 is 28.9 Å². The minimum atomic E-state index is -4.74. The fourth-order valence-electron chi connectivity index (χ4n) is 5.93. The first-order valence-corrected chi connectivity index (χ1v) is 11.7. The van der Waals surface area contributed by atoms with E-state index in [4.69, 9.17) is 0 Å². The monoisotopic (exact) mass is 497 g/mol. The lowest BCUT2D eigenvalue weighted by atomic mass is 9.60. The first kappa shape index (κ1) is 22.6. The maximum atomic E-state index is 13.1. The van der Waals surface area contributed by atoms with Gasteiger partial charge in [-0.25, -0.2) is 0 Å². The first-order valence-electron chi connectivity index (χ1n) is 11.7. The normalized spacial score (nSPS) is 25.2. The summed E-state index contributed by atoms with van der Waals surface area (Å²) in [5.41, 5.74) is 2.58. The Labute approximate surface area is 203 Å². The van der Waals surface area contributed by atoms with Gasteiger partial charge in [-0.2, -0.15) is 15.4 Å². The largest absolute Gasteiger partial charge is 0.573 e. The first-order chi connectivity index (χ1) is 17.2. The van der Waals surface area contributed by atoms with Gasteiger partial charge in [0.1, 0.15) is 16.8 Å². The van der Waals surface area contributed by atoms with Crippen LogP contribution in [0.3, 0.4) is 0 Å². The molecule has 2 amide bonds. The molecule has 36 heavy (non-hydrogen) atoms. The quantitative estimate of drug-likeness (QED) is 0.559. The van der Waals surface area contributed by atoms with E-state index in [0.29, 0.717) is 72.0 Å². The van der Waals surface area contributed by atoms with Crippen molar-refractivity contribution in [3.63, 3.8) is 0 Å². The minimum Gasteiger partial charge on any atom is -0.406 e. The van der Waals surface area contributed by atoms with Gasteiger partial charge in [0, 0.05) is 37.8 Å². The molecular weight excluding hydrogens is 475 g/mol. The average molecular weight is 497 g/mol. The summed E-state index contributed by atoms with van der Waals surface area (Å²) in [6.07, 6.45) is -1.69. The van der Waals surface area contributed by atoms with Gasteiger partial charge in [-0.05, 0) is 65.6 Å². The van der Waals surface area contributed by atoms with Gasteiger partial charge in [0.05, 0.1) is 0 Å². The number of nitrogens with zero attached hydrogens (tertiary/aromatic N) is 4. The third-order valence-corrected chi connectivity index (χ3v) is 7.62. The number of likely N-dealkylation sites (tertiary alicyclic amines) is 2. The van der Waals surface area contributed by atoms with E-state index in [1.54, 1.807) is 24.3 Å². The molecule has 1 N–H and O–H groups in total. The molecule has 3 aliphatic rings. The average Bonchev–Trinajstić information content (AvgIpc) is 3.56. The molecule has 1 aromatic heterocycles. The summed E-state index contributed by atoms with van der Waals surface area (Å²) in [6.45, 7) is 2.68. The van der Waals surface area contributed by atoms with Crippen LogP contribution in [0, 0.1) is 23.7 Å². The van der Waals surface area contributed by atoms with Crippen molar-refractivity contribution in [3.05, 3.63) is 59.7 Å². The van der Waals surface area contributed by atoms with Gasteiger partial charge in [0.2, 0.25) is 5.91 Å². The summed E-state index contributed by atoms with van der Waals surface area (Å²) in [5.74, 6) is 1.10. The Morgan fingerprint density at radius 1 is 0.889 bits per heavy atom. The molecule has 8 nitrogen and oxygen atoms in total. The van der Waals surface area contributed by atoms with Crippen LogP contribution in [-0.2, 0) is 4.79 Å². The number of alkyl halides is 3. The van der Waals surface area contributed by atoms with Crippen molar-refractivity contribution in [2.45, 2.75) is 6.36 Å². The Hall–Kier alpha value is -3.89. The molecule has 0 unspecified atom stereocenters. The number of hydrogen-bond acceptors (Lipinski definition) is 5. The molecule has 6 rings (SSSR count). The molecular formula is C25H22F3N5O3. The summed E-state index contributed by atoms with van der Waals surface area (Å²) in [7, 11) is 0. The standard InChI is InChI=1S/C25H22F3N5O3/c26-25(27,28)36-16-5-1-14(2-6-16)3-8-23(34)32-10-17-18(11-32)20-13-33(12-19(17)20)24(35)15-4-7-21-22(9-15)30-31-29-21/h1-9,17-20H,10-13H2,(H,29,30,31)/b8-3+/t17-,18+,19+,20-. The molecule has 0 bridgehead atoms. The van der Waals surface area contributed by atoms with E-state index < -0.39 is 6.36 Å². The summed E-state index contributed by atoms with van der Waals surface area (Å²) in [6, 6.07) is 10.7. The van der Waals surface area contributed by atoms with Crippen LogP contribution in [0.2, 0.25) is 0 Å². The van der Waals surface area contributed by atoms with Gasteiger partial charge in [0.25, 0.3) is 5.91 Å². The van der Waals surface area contributed by atoms with Gasteiger partial charge in [0.15, 0.2) is 0 Å². The number of amides is 2. The molecule has 3 fully saturated rings. The maximum absolute atomic E-state index is 13.1. The van der Waals surface area contributed by atoms with Crippen molar-refractivity contribution in [2.24, 2.45) is 23.7 Å². The lowest BCUT2D eigenvalue weighted by molar-refractivity contribution is -0.274. The molecule has 4 atom stereocenters. The number of aromatic nitrogens is 3. The Bertz CT molecular complexity index is 1330. The predicted molar refractivity (Wildman–Crippen MR) is 122 cm³/mol. The van der Waals surface area contributed by atoms with Crippen LogP contribution in [0.15, 0.2) is 48.5 Å². The second-order valence-corrected chi connectivity index (χ2v) is 9.59. The van der Waals surface area contributed by atoms with E-state index in [1.807, 2.05) is 9.80 Å². The lowest BCUT2D eigenvalue weighted by Crippen LogP contribution is -2.44. The minimum absolute atomic E-state index is 0.00473. The number of halogens is 3. The summed E-state index contributed by atoms with van der Waals surface area (Å²) in [4.78, 5) is 29.5. The molecule has 3 aromatic rings. The number of ether oxygens (including phenoxy) is 1. The topological polar surface area (TPSA) is 91.4 Å².